The second-order valence-electron chi connectivity index (χ2n) is 5.15. The summed E-state index contributed by atoms with van der Waals surface area (Å²) in [5.74, 6) is 0. The van der Waals surface area contributed by atoms with Gasteiger partial charge in [-0.2, -0.15) is 5.26 Å². The molecule has 0 saturated carbocycles. The van der Waals surface area contributed by atoms with Gasteiger partial charge in [-0.15, -0.1) is 0 Å². The molecule has 0 amide bonds. The fourth-order valence-electron chi connectivity index (χ4n) is 1.76. The van der Waals surface area contributed by atoms with Crippen molar-refractivity contribution in [2.75, 3.05) is 27.2 Å². The van der Waals surface area contributed by atoms with Crippen LogP contribution in [-0.2, 0) is 0 Å². The lowest BCUT2D eigenvalue weighted by Crippen LogP contribution is -2.32. The molecule has 2 N–H and O–H groups in total. The van der Waals surface area contributed by atoms with Gasteiger partial charge in [0.1, 0.15) is 0 Å². The summed E-state index contributed by atoms with van der Waals surface area (Å²) in [7, 11) is 4.11. The van der Waals surface area contributed by atoms with E-state index in [0.29, 0.717) is 18.2 Å². The van der Waals surface area contributed by atoms with E-state index in [-0.39, 0.29) is 0 Å². The Balaban J connectivity index is 2.37. The van der Waals surface area contributed by atoms with Crippen molar-refractivity contribution in [3.8, 4) is 6.07 Å². The predicted octanol–water partition coefficient (Wildman–Crippen LogP) is 1.52. The van der Waals surface area contributed by atoms with Gasteiger partial charge in [-0.1, -0.05) is 12.1 Å². The van der Waals surface area contributed by atoms with Crippen LogP contribution in [0.1, 0.15) is 30.6 Å². The number of nitrogens with one attached hydrogen (secondary N) is 1. The molecule has 2 atom stereocenters. The molecule has 0 aliphatic rings. The number of hydrogen-bond donors (Lipinski definition) is 2. The van der Waals surface area contributed by atoms with Crippen LogP contribution in [0.25, 0.3) is 0 Å². The fourth-order valence-corrected chi connectivity index (χ4v) is 1.76. The molecule has 0 aromatic heterocycles. The summed E-state index contributed by atoms with van der Waals surface area (Å²) in [5, 5.41) is 22.1. The van der Waals surface area contributed by atoms with E-state index < -0.39 is 6.10 Å². The summed E-state index contributed by atoms with van der Waals surface area (Å²) in [5.41, 5.74) is 1.45. The van der Waals surface area contributed by atoms with Crippen LogP contribution in [0.15, 0.2) is 24.3 Å². The van der Waals surface area contributed by atoms with Gasteiger partial charge in [0.25, 0.3) is 0 Å². The van der Waals surface area contributed by atoms with Crippen molar-refractivity contribution in [3.05, 3.63) is 35.4 Å². The van der Waals surface area contributed by atoms with E-state index in [1.165, 1.54) is 0 Å². The van der Waals surface area contributed by atoms with E-state index in [1.54, 1.807) is 24.3 Å². The second-order valence-corrected chi connectivity index (χ2v) is 5.15. The van der Waals surface area contributed by atoms with E-state index in [2.05, 4.69) is 37.3 Å². The first-order chi connectivity index (χ1) is 9.02. The Kier molecular flexibility index (Phi) is 6.51. The number of hydrogen-bond acceptors (Lipinski definition) is 4. The first-order valence-electron chi connectivity index (χ1n) is 6.59. The lowest BCUT2D eigenvalue weighted by Gasteiger charge is -2.19. The first-order valence-corrected chi connectivity index (χ1v) is 6.59. The summed E-state index contributed by atoms with van der Waals surface area (Å²) in [6, 6.07) is 9.50. The molecule has 0 aliphatic heterocycles. The van der Waals surface area contributed by atoms with Crippen LogP contribution < -0.4 is 5.32 Å². The van der Waals surface area contributed by atoms with E-state index in [0.717, 1.165) is 18.5 Å². The van der Waals surface area contributed by atoms with Gasteiger partial charge in [-0.05, 0) is 51.7 Å². The second kappa shape index (κ2) is 7.90. The van der Waals surface area contributed by atoms with Crippen LogP contribution in [0.4, 0.5) is 0 Å². The lowest BCUT2D eigenvalue weighted by molar-refractivity contribution is 0.169. The molecule has 0 aliphatic carbocycles. The van der Waals surface area contributed by atoms with Crippen LogP contribution >= 0.6 is 0 Å². The molecular formula is C15H23N3O. The van der Waals surface area contributed by atoms with E-state index >= 15 is 0 Å². The van der Waals surface area contributed by atoms with Gasteiger partial charge in [0, 0.05) is 12.6 Å². The summed E-state index contributed by atoms with van der Waals surface area (Å²) in [6.45, 7) is 3.68. The Morgan fingerprint density at radius 3 is 2.47 bits per heavy atom. The van der Waals surface area contributed by atoms with Crippen LogP contribution in [0.5, 0.6) is 0 Å². The fraction of sp³-hybridized carbons (Fsp3) is 0.533. The highest BCUT2D eigenvalue weighted by molar-refractivity contribution is 5.32. The molecule has 0 spiro atoms. The van der Waals surface area contributed by atoms with Crippen molar-refractivity contribution < 1.29 is 5.11 Å². The Morgan fingerprint density at radius 2 is 1.95 bits per heavy atom. The summed E-state index contributed by atoms with van der Waals surface area (Å²) < 4.78 is 0. The van der Waals surface area contributed by atoms with Crippen molar-refractivity contribution in [1.29, 1.82) is 5.26 Å². The Labute approximate surface area is 115 Å². The number of benzene rings is 1. The third-order valence-electron chi connectivity index (χ3n) is 3.09. The predicted molar refractivity (Wildman–Crippen MR) is 76.8 cm³/mol. The maximum Gasteiger partial charge on any atom is 0.0991 e. The van der Waals surface area contributed by atoms with Crippen molar-refractivity contribution in [3.63, 3.8) is 0 Å². The van der Waals surface area contributed by atoms with Gasteiger partial charge < -0.3 is 15.3 Å². The zero-order valence-corrected chi connectivity index (χ0v) is 11.9. The maximum atomic E-state index is 10.1. The monoisotopic (exact) mass is 261 g/mol. The average molecular weight is 261 g/mol. The molecule has 0 heterocycles. The van der Waals surface area contributed by atoms with Crippen molar-refractivity contribution in [1.82, 2.24) is 10.2 Å². The topological polar surface area (TPSA) is 59.3 Å². The summed E-state index contributed by atoms with van der Waals surface area (Å²) >= 11 is 0. The average Bonchev–Trinajstić information content (AvgIpc) is 2.42. The van der Waals surface area contributed by atoms with Gasteiger partial charge in [0.15, 0.2) is 0 Å². The minimum Gasteiger partial charge on any atom is -0.387 e. The van der Waals surface area contributed by atoms with Crippen molar-refractivity contribution >= 4 is 0 Å². The molecule has 2 unspecified atom stereocenters. The molecule has 19 heavy (non-hydrogen) atoms. The highest BCUT2D eigenvalue weighted by atomic mass is 16.3. The Hall–Kier alpha value is -1.41. The van der Waals surface area contributed by atoms with E-state index in [1.807, 2.05) is 0 Å². The van der Waals surface area contributed by atoms with Crippen LogP contribution in [0.3, 0.4) is 0 Å². The number of nitrogens with zero attached hydrogens (tertiary/aromatic N) is 2. The minimum absolute atomic E-state index is 0.371. The molecule has 1 aromatic carbocycles. The molecule has 0 bridgehead atoms. The SMILES string of the molecule is CC(CCN(C)C)NCC(O)c1ccc(C#N)cc1. The standard InChI is InChI=1S/C15H23N3O/c1-12(8-9-18(2)3)17-11-15(19)14-6-4-13(10-16)5-7-14/h4-7,12,15,17,19H,8-9,11H2,1-3H3. The van der Waals surface area contributed by atoms with E-state index in [9.17, 15) is 5.11 Å². The molecule has 4 heteroatoms. The highest BCUT2D eigenvalue weighted by Gasteiger charge is 2.09. The summed E-state index contributed by atoms with van der Waals surface area (Å²) in [6.07, 6.45) is 0.516. The molecule has 0 radical (unpaired) electrons. The third-order valence-corrected chi connectivity index (χ3v) is 3.09. The molecule has 0 fully saturated rings. The molecule has 0 saturated heterocycles. The smallest absolute Gasteiger partial charge is 0.0991 e. The third kappa shape index (κ3) is 5.84. The Morgan fingerprint density at radius 1 is 1.32 bits per heavy atom. The normalized spacial score (nSPS) is 14.1. The molecule has 1 aromatic rings. The molecule has 1 rings (SSSR count). The molecular weight excluding hydrogens is 238 g/mol. The quantitative estimate of drug-likeness (QED) is 0.781. The van der Waals surface area contributed by atoms with Gasteiger partial charge in [-0.3, -0.25) is 0 Å². The first kappa shape index (κ1) is 15.6. The van der Waals surface area contributed by atoms with Gasteiger partial charge in [0.2, 0.25) is 0 Å². The number of aliphatic hydroxyl groups excluding tert-OH is 1. The molecule has 4 nitrogen and oxygen atoms in total. The summed E-state index contributed by atoms with van der Waals surface area (Å²) in [4.78, 5) is 2.15. The van der Waals surface area contributed by atoms with Gasteiger partial charge in [-0.25, -0.2) is 0 Å². The number of rotatable bonds is 7. The minimum atomic E-state index is -0.533. The van der Waals surface area contributed by atoms with E-state index in [4.69, 9.17) is 5.26 Å². The maximum absolute atomic E-state index is 10.1. The largest absolute Gasteiger partial charge is 0.387 e. The van der Waals surface area contributed by atoms with Crippen LogP contribution in [0.2, 0.25) is 0 Å². The molecule has 104 valence electrons. The van der Waals surface area contributed by atoms with Gasteiger partial charge >= 0.3 is 0 Å². The number of nitriles is 1. The zero-order chi connectivity index (χ0) is 14.3. The lowest BCUT2D eigenvalue weighted by atomic mass is 10.1. The van der Waals surface area contributed by atoms with Gasteiger partial charge in [0.05, 0.1) is 17.7 Å². The number of aliphatic hydroxyl groups is 1. The zero-order valence-electron chi connectivity index (χ0n) is 11.9. The van der Waals surface area contributed by atoms with Crippen molar-refractivity contribution in [2.45, 2.75) is 25.5 Å². The highest BCUT2D eigenvalue weighted by Crippen LogP contribution is 2.13. The van der Waals surface area contributed by atoms with Crippen LogP contribution in [-0.4, -0.2) is 43.2 Å². The Bertz CT molecular complexity index is 408. The van der Waals surface area contributed by atoms with Crippen LogP contribution in [0, 0.1) is 11.3 Å². The van der Waals surface area contributed by atoms with Crippen molar-refractivity contribution in [2.24, 2.45) is 0 Å².